The van der Waals surface area contributed by atoms with Crippen molar-refractivity contribution in [2.24, 2.45) is 4.99 Å². The van der Waals surface area contributed by atoms with Gasteiger partial charge >= 0.3 is 0 Å². The van der Waals surface area contributed by atoms with Crippen LogP contribution in [0.25, 0.3) is 0 Å². The van der Waals surface area contributed by atoms with Crippen LogP contribution in [0.2, 0.25) is 0 Å². The normalized spacial score (nSPS) is 17.4. The minimum absolute atomic E-state index is 0. The van der Waals surface area contributed by atoms with Crippen molar-refractivity contribution < 1.29 is 9.84 Å². The second-order valence-corrected chi connectivity index (χ2v) is 7.93. The zero-order valence-electron chi connectivity index (χ0n) is 19.0. The van der Waals surface area contributed by atoms with Gasteiger partial charge in [0.2, 0.25) is 0 Å². The second kappa shape index (κ2) is 14.0. The van der Waals surface area contributed by atoms with Crippen LogP contribution in [0.1, 0.15) is 58.9 Å². The molecule has 0 radical (unpaired) electrons. The Kier molecular flexibility index (Phi) is 12.6. The molecule has 0 saturated carbocycles. The van der Waals surface area contributed by atoms with Gasteiger partial charge in [-0.3, -0.25) is 0 Å². The number of nitrogens with one attached hydrogen (secondary N) is 2. The summed E-state index contributed by atoms with van der Waals surface area (Å²) in [5.41, 5.74) is 0.377. The number of morpholine rings is 1. The molecule has 30 heavy (non-hydrogen) atoms. The highest BCUT2D eigenvalue weighted by molar-refractivity contribution is 14.0. The molecule has 0 aliphatic carbocycles. The van der Waals surface area contributed by atoms with E-state index in [0.29, 0.717) is 13.1 Å². The van der Waals surface area contributed by atoms with Crippen molar-refractivity contribution >= 4 is 35.8 Å². The third-order valence-corrected chi connectivity index (χ3v) is 5.15. The summed E-state index contributed by atoms with van der Waals surface area (Å²) in [6, 6.07) is 4.14. The molecule has 0 aromatic carbocycles. The first-order valence-corrected chi connectivity index (χ1v) is 11.1. The summed E-state index contributed by atoms with van der Waals surface area (Å²) in [5.74, 6) is 1.71. The van der Waals surface area contributed by atoms with E-state index in [1.54, 1.807) is 0 Å². The van der Waals surface area contributed by atoms with E-state index in [4.69, 9.17) is 4.74 Å². The Balaban J connectivity index is 0.00000450. The maximum atomic E-state index is 10.8. The number of rotatable bonds is 10. The summed E-state index contributed by atoms with van der Waals surface area (Å²) in [6.07, 6.45) is 5.64. The molecule has 7 nitrogen and oxygen atoms in total. The Hall–Kier alpha value is -1.13. The van der Waals surface area contributed by atoms with E-state index in [0.717, 1.165) is 69.3 Å². The zero-order valence-corrected chi connectivity index (χ0v) is 21.3. The van der Waals surface area contributed by atoms with Crippen LogP contribution in [0.5, 0.6) is 0 Å². The largest absolute Gasteiger partial charge is 0.388 e. The molecule has 2 heterocycles. The predicted octanol–water partition coefficient (Wildman–Crippen LogP) is 3.31. The lowest BCUT2D eigenvalue weighted by molar-refractivity contribution is 0.0257. The molecule has 1 fully saturated rings. The first-order valence-electron chi connectivity index (χ1n) is 11.1. The molecule has 2 rings (SSSR count). The zero-order chi connectivity index (χ0) is 21.1. The van der Waals surface area contributed by atoms with Crippen LogP contribution in [0.4, 0.5) is 5.82 Å². The van der Waals surface area contributed by atoms with Crippen LogP contribution in [-0.2, 0) is 11.3 Å². The van der Waals surface area contributed by atoms with E-state index < -0.39 is 5.60 Å². The number of aliphatic hydroxyl groups is 1. The molecular weight excluding hydrogens is 493 g/mol. The minimum Gasteiger partial charge on any atom is -0.388 e. The summed E-state index contributed by atoms with van der Waals surface area (Å²) in [6.45, 7) is 12.7. The molecule has 0 bridgehead atoms. The van der Waals surface area contributed by atoms with E-state index in [-0.39, 0.29) is 30.1 Å². The topological polar surface area (TPSA) is 82.0 Å². The lowest BCUT2D eigenvalue weighted by Crippen LogP contribution is -2.47. The van der Waals surface area contributed by atoms with Crippen molar-refractivity contribution in [3.05, 3.63) is 23.9 Å². The van der Waals surface area contributed by atoms with Crippen molar-refractivity contribution in [1.29, 1.82) is 0 Å². The maximum absolute atomic E-state index is 10.8. The molecule has 1 aliphatic heterocycles. The van der Waals surface area contributed by atoms with Gasteiger partial charge in [-0.05, 0) is 38.3 Å². The van der Waals surface area contributed by atoms with E-state index in [1.165, 1.54) is 0 Å². The SMILES string of the molecule is CCCC(O)(CCC)CNC(=NCc1ccc(N2CCOC(C)C2)nc1)NCC.I. The molecule has 1 aromatic heterocycles. The lowest BCUT2D eigenvalue weighted by Gasteiger charge is -2.32. The molecule has 172 valence electrons. The van der Waals surface area contributed by atoms with E-state index in [9.17, 15) is 5.11 Å². The van der Waals surface area contributed by atoms with Gasteiger partial charge < -0.3 is 25.4 Å². The third kappa shape index (κ3) is 8.93. The minimum atomic E-state index is -0.682. The lowest BCUT2D eigenvalue weighted by atomic mass is 9.93. The fourth-order valence-corrected chi connectivity index (χ4v) is 3.72. The van der Waals surface area contributed by atoms with Crippen LogP contribution in [-0.4, -0.2) is 60.5 Å². The molecule has 1 aromatic rings. The number of anilines is 1. The molecule has 3 N–H and O–H groups in total. The molecule has 8 heteroatoms. The Morgan fingerprint density at radius 2 is 2.00 bits per heavy atom. The van der Waals surface area contributed by atoms with Gasteiger partial charge in [0.15, 0.2) is 5.96 Å². The number of hydrogen-bond acceptors (Lipinski definition) is 5. The second-order valence-electron chi connectivity index (χ2n) is 7.93. The quantitative estimate of drug-likeness (QED) is 0.243. The van der Waals surface area contributed by atoms with Gasteiger partial charge in [0.25, 0.3) is 0 Å². The summed E-state index contributed by atoms with van der Waals surface area (Å²) >= 11 is 0. The van der Waals surface area contributed by atoms with E-state index in [2.05, 4.69) is 58.4 Å². The van der Waals surface area contributed by atoms with Crippen LogP contribution in [0, 0.1) is 0 Å². The predicted molar refractivity (Wildman–Crippen MR) is 135 cm³/mol. The third-order valence-electron chi connectivity index (χ3n) is 5.15. The molecule has 0 amide bonds. The first-order chi connectivity index (χ1) is 14.0. The van der Waals surface area contributed by atoms with Crippen LogP contribution in [0.15, 0.2) is 23.3 Å². The number of hydrogen-bond donors (Lipinski definition) is 3. The highest BCUT2D eigenvalue weighted by Gasteiger charge is 2.25. The fraction of sp³-hybridized carbons (Fsp3) is 0.727. The number of aromatic nitrogens is 1. The molecular formula is C22H40IN5O2. The fourth-order valence-electron chi connectivity index (χ4n) is 3.72. The van der Waals surface area contributed by atoms with Gasteiger partial charge in [0.1, 0.15) is 5.82 Å². The van der Waals surface area contributed by atoms with Gasteiger partial charge in [0, 0.05) is 32.4 Å². The smallest absolute Gasteiger partial charge is 0.191 e. The molecule has 1 unspecified atom stereocenters. The average molecular weight is 533 g/mol. The Morgan fingerprint density at radius 3 is 2.57 bits per heavy atom. The number of guanidine groups is 1. The highest BCUT2D eigenvalue weighted by atomic mass is 127. The standard InChI is InChI=1S/C22H39N5O2.HI/c1-5-10-22(28,11-6-2)17-26-21(23-7-3)25-15-19-8-9-20(24-14-19)27-12-13-29-18(4)16-27;/h8-9,14,18,28H,5-7,10-13,15-17H2,1-4H3,(H2,23,25,26);1H. The van der Waals surface area contributed by atoms with Crippen molar-refractivity contribution in [2.45, 2.75) is 71.6 Å². The number of aliphatic imine (C=N–C) groups is 1. The maximum Gasteiger partial charge on any atom is 0.191 e. The van der Waals surface area contributed by atoms with Gasteiger partial charge in [-0.2, -0.15) is 0 Å². The Bertz CT molecular complexity index is 620. The van der Waals surface area contributed by atoms with Gasteiger partial charge in [0.05, 0.1) is 24.9 Å². The average Bonchev–Trinajstić information content (AvgIpc) is 2.71. The molecule has 1 aliphatic rings. The summed E-state index contributed by atoms with van der Waals surface area (Å²) in [4.78, 5) is 11.5. The van der Waals surface area contributed by atoms with Gasteiger partial charge in [-0.15, -0.1) is 24.0 Å². The van der Waals surface area contributed by atoms with E-state index >= 15 is 0 Å². The van der Waals surface area contributed by atoms with Crippen LogP contribution >= 0.6 is 24.0 Å². The molecule has 1 atom stereocenters. The molecule has 1 saturated heterocycles. The summed E-state index contributed by atoms with van der Waals surface area (Å²) in [5, 5.41) is 17.4. The van der Waals surface area contributed by atoms with Crippen molar-refractivity contribution in [3.8, 4) is 0 Å². The Labute approximate surface area is 199 Å². The van der Waals surface area contributed by atoms with Crippen molar-refractivity contribution in [1.82, 2.24) is 15.6 Å². The van der Waals surface area contributed by atoms with Crippen LogP contribution in [0.3, 0.4) is 0 Å². The Morgan fingerprint density at radius 1 is 1.27 bits per heavy atom. The van der Waals surface area contributed by atoms with E-state index in [1.807, 2.05) is 13.1 Å². The number of pyridine rings is 1. The van der Waals surface area contributed by atoms with Crippen molar-refractivity contribution in [2.75, 3.05) is 37.7 Å². The van der Waals surface area contributed by atoms with Crippen LogP contribution < -0.4 is 15.5 Å². The van der Waals surface area contributed by atoms with Crippen molar-refractivity contribution in [3.63, 3.8) is 0 Å². The molecule has 0 spiro atoms. The van der Waals surface area contributed by atoms with Gasteiger partial charge in [-0.25, -0.2) is 9.98 Å². The number of nitrogens with zero attached hydrogens (tertiary/aromatic N) is 3. The number of ether oxygens (including phenoxy) is 1. The highest BCUT2D eigenvalue weighted by Crippen LogP contribution is 2.18. The monoisotopic (exact) mass is 533 g/mol. The summed E-state index contributed by atoms with van der Waals surface area (Å²) < 4.78 is 5.60. The van der Waals surface area contributed by atoms with Gasteiger partial charge in [-0.1, -0.05) is 32.8 Å². The first kappa shape index (κ1) is 26.9. The number of halogens is 1. The summed E-state index contributed by atoms with van der Waals surface area (Å²) in [7, 11) is 0.